The molecule has 0 aliphatic heterocycles. The van der Waals surface area contributed by atoms with Crippen molar-refractivity contribution in [2.24, 2.45) is 7.05 Å². The molecule has 0 aliphatic rings. The minimum atomic E-state index is 0.106. The van der Waals surface area contributed by atoms with E-state index in [1.54, 1.807) is 17.9 Å². The lowest BCUT2D eigenvalue weighted by atomic mass is 10.4. The van der Waals surface area contributed by atoms with Crippen molar-refractivity contribution in [3.05, 3.63) is 6.20 Å². The van der Waals surface area contributed by atoms with Crippen LogP contribution in [0.3, 0.4) is 0 Å². The van der Waals surface area contributed by atoms with Gasteiger partial charge in [0, 0.05) is 7.05 Å². The second-order valence-corrected chi connectivity index (χ2v) is 2.98. The summed E-state index contributed by atoms with van der Waals surface area (Å²) in [7, 11) is 1.74. The van der Waals surface area contributed by atoms with Crippen molar-refractivity contribution in [1.29, 1.82) is 0 Å². The van der Waals surface area contributed by atoms with E-state index in [-0.39, 0.29) is 12.0 Å². The van der Waals surface area contributed by atoms with E-state index in [2.05, 4.69) is 25.3 Å². The predicted octanol–water partition coefficient (Wildman–Crippen LogP) is -0.352. The molecule has 2 aromatic heterocycles. The number of nitrogens with two attached hydrogens (primary N) is 1. The van der Waals surface area contributed by atoms with Crippen molar-refractivity contribution in [2.75, 3.05) is 12.3 Å². The molecule has 2 heterocycles. The normalized spacial score (nSPS) is 10.4. The molecule has 16 heavy (non-hydrogen) atoms. The Balaban J connectivity index is 2.45. The molecule has 0 radical (unpaired) electrons. The summed E-state index contributed by atoms with van der Waals surface area (Å²) >= 11 is 0. The molecular formula is C8H11N7O. The lowest BCUT2D eigenvalue weighted by Crippen LogP contribution is -2.06. The Morgan fingerprint density at radius 1 is 1.38 bits per heavy atom. The Labute approximate surface area is 91.5 Å². The third-order valence-corrected chi connectivity index (χ3v) is 1.85. The van der Waals surface area contributed by atoms with Crippen molar-refractivity contribution >= 4 is 5.95 Å². The molecule has 0 fully saturated rings. The van der Waals surface area contributed by atoms with Crippen LogP contribution in [0.15, 0.2) is 6.20 Å². The Morgan fingerprint density at radius 2 is 2.19 bits per heavy atom. The van der Waals surface area contributed by atoms with E-state index in [0.29, 0.717) is 18.1 Å². The molecule has 0 unspecified atom stereocenters. The first kappa shape index (κ1) is 10.3. The molecule has 0 bridgehead atoms. The molecule has 2 aromatic rings. The maximum atomic E-state index is 5.55. The fraction of sp³-hybridized carbons (Fsp3) is 0.375. The first-order chi connectivity index (χ1) is 7.70. The van der Waals surface area contributed by atoms with Gasteiger partial charge in [0.05, 0.1) is 12.8 Å². The summed E-state index contributed by atoms with van der Waals surface area (Å²) in [5.74, 6) is 0.498. The average molecular weight is 221 g/mol. The topological polar surface area (TPSA) is 105 Å². The van der Waals surface area contributed by atoms with Gasteiger partial charge < -0.3 is 10.5 Å². The summed E-state index contributed by atoms with van der Waals surface area (Å²) in [6.07, 6.45) is 1.55. The number of nitrogen functional groups attached to an aromatic ring is 1. The van der Waals surface area contributed by atoms with Gasteiger partial charge in [0.1, 0.15) is 5.69 Å². The number of nitrogens with zero attached hydrogens (tertiary/aromatic N) is 6. The quantitative estimate of drug-likeness (QED) is 0.755. The second-order valence-electron chi connectivity index (χ2n) is 2.98. The zero-order chi connectivity index (χ0) is 11.5. The molecule has 8 heteroatoms. The van der Waals surface area contributed by atoms with Crippen LogP contribution in [0.2, 0.25) is 0 Å². The molecule has 84 valence electrons. The van der Waals surface area contributed by atoms with Crippen LogP contribution < -0.4 is 10.5 Å². The van der Waals surface area contributed by atoms with Gasteiger partial charge >= 0.3 is 6.01 Å². The highest BCUT2D eigenvalue weighted by molar-refractivity contribution is 5.49. The zero-order valence-electron chi connectivity index (χ0n) is 8.95. The molecule has 0 saturated carbocycles. The van der Waals surface area contributed by atoms with Crippen LogP contribution in [0.25, 0.3) is 11.5 Å². The van der Waals surface area contributed by atoms with Crippen molar-refractivity contribution in [3.8, 4) is 17.5 Å². The Morgan fingerprint density at radius 3 is 2.81 bits per heavy atom. The molecule has 0 aliphatic carbocycles. The summed E-state index contributed by atoms with van der Waals surface area (Å²) in [4.78, 5) is 11.9. The fourth-order valence-electron chi connectivity index (χ4n) is 1.17. The number of rotatable bonds is 3. The molecular weight excluding hydrogens is 210 g/mol. The van der Waals surface area contributed by atoms with Crippen molar-refractivity contribution in [3.63, 3.8) is 0 Å². The smallest absolute Gasteiger partial charge is 0.321 e. The van der Waals surface area contributed by atoms with E-state index >= 15 is 0 Å². The van der Waals surface area contributed by atoms with Crippen LogP contribution >= 0.6 is 0 Å². The first-order valence-electron chi connectivity index (χ1n) is 4.70. The highest BCUT2D eigenvalue weighted by Crippen LogP contribution is 2.15. The van der Waals surface area contributed by atoms with E-state index in [1.165, 1.54) is 0 Å². The van der Waals surface area contributed by atoms with Gasteiger partial charge in [0.2, 0.25) is 5.95 Å². The minimum Gasteiger partial charge on any atom is -0.464 e. The van der Waals surface area contributed by atoms with Crippen LogP contribution in [-0.4, -0.2) is 36.6 Å². The Bertz CT molecular complexity index is 495. The van der Waals surface area contributed by atoms with Gasteiger partial charge in [-0.15, -0.1) is 5.10 Å². The average Bonchev–Trinajstić information content (AvgIpc) is 2.64. The van der Waals surface area contributed by atoms with E-state index in [4.69, 9.17) is 10.5 Å². The van der Waals surface area contributed by atoms with E-state index < -0.39 is 0 Å². The lowest BCUT2D eigenvalue weighted by molar-refractivity contribution is 0.312. The SMILES string of the molecule is CCOc1nc(N)nc(-c2cnnn2C)n1. The molecule has 0 atom stereocenters. The monoisotopic (exact) mass is 221 g/mol. The second kappa shape index (κ2) is 4.09. The van der Waals surface area contributed by atoms with Crippen LogP contribution in [0.5, 0.6) is 6.01 Å². The zero-order valence-corrected chi connectivity index (χ0v) is 8.95. The van der Waals surface area contributed by atoms with Crippen LogP contribution in [-0.2, 0) is 7.05 Å². The van der Waals surface area contributed by atoms with Gasteiger partial charge in [0.25, 0.3) is 0 Å². The molecule has 2 N–H and O–H groups in total. The number of anilines is 1. The van der Waals surface area contributed by atoms with E-state index in [0.717, 1.165) is 0 Å². The number of aryl methyl sites for hydroxylation is 1. The lowest BCUT2D eigenvalue weighted by Gasteiger charge is -2.04. The predicted molar refractivity (Wildman–Crippen MR) is 55.4 cm³/mol. The maximum absolute atomic E-state index is 5.55. The molecule has 0 spiro atoms. The van der Waals surface area contributed by atoms with Crippen LogP contribution in [0, 0.1) is 0 Å². The molecule has 2 rings (SSSR count). The minimum absolute atomic E-state index is 0.106. The molecule has 0 aromatic carbocycles. The van der Waals surface area contributed by atoms with Crippen molar-refractivity contribution < 1.29 is 4.74 Å². The van der Waals surface area contributed by atoms with Gasteiger partial charge in [-0.05, 0) is 6.92 Å². The summed E-state index contributed by atoms with van der Waals surface area (Å²) in [6.45, 7) is 2.30. The number of aromatic nitrogens is 6. The summed E-state index contributed by atoms with van der Waals surface area (Å²) in [6, 6.07) is 0.200. The number of hydrogen-bond acceptors (Lipinski definition) is 7. The Kier molecular flexibility index (Phi) is 2.63. The third kappa shape index (κ3) is 1.90. The maximum Gasteiger partial charge on any atom is 0.321 e. The van der Waals surface area contributed by atoms with Gasteiger partial charge in [-0.1, -0.05) is 5.21 Å². The van der Waals surface area contributed by atoms with Crippen LogP contribution in [0.1, 0.15) is 6.92 Å². The largest absolute Gasteiger partial charge is 0.464 e. The number of hydrogen-bond donors (Lipinski definition) is 1. The third-order valence-electron chi connectivity index (χ3n) is 1.85. The fourth-order valence-corrected chi connectivity index (χ4v) is 1.17. The summed E-state index contributed by atoms with van der Waals surface area (Å²) < 4.78 is 6.72. The standard InChI is InChI=1S/C8H11N7O/c1-3-16-8-12-6(11-7(9)13-8)5-4-10-14-15(5)2/h4H,3H2,1-2H3,(H2,9,11,12,13). The number of ether oxygens (including phenoxy) is 1. The Hall–Kier alpha value is -2.25. The molecule has 0 saturated heterocycles. The van der Waals surface area contributed by atoms with Gasteiger partial charge in [-0.3, -0.25) is 0 Å². The van der Waals surface area contributed by atoms with Gasteiger partial charge in [-0.2, -0.15) is 15.0 Å². The summed E-state index contributed by atoms with van der Waals surface area (Å²) in [5.41, 5.74) is 6.20. The highest BCUT2D eigenvalue weighted by Gasteiger charge is 2.11. The van der Waals surface area contributed by atoms with Crippen molar-refractivity contribution in [2.45, 2.75) is 6.92 Å². The molecule has 0 amide bonds. The van der Waals surface area contributed by atoms with Crippen molar-refractivity contribution in [1.82, 2.24) is 29.9 Å². The highest BCUT2D eigenvalue weighted by atomic mass is 16.5. The first-order valence-corrected chi connectivity index (χ1v) is 4.70. The molecule has 8 nitrogen and oxygen atoms in total. The van der Waals surface area contributed by atoms with Gasteiger partial charge in [-0.25, -0.2) is 4.68 Å². The summed E-state index contributed by atoms with van der Waals surface area (Å²) in [5, 5.41) is 7.52. The van der Waals surface area contributed by atoms with E-state index in [1.807, 2.05) is 6.92 Å². The van der Waals surface area contributed by atoms with E-state index in [9.17, 15) is 0 Å². The van der Waals surface area contributed by atoms with Gasteiger partial charge in [0.15, 0.2) is 5.82 Å². The van der Waals surface area contributed by atoms with Crippen LogP contribution in [0.4, 0.5) is 5.95 Å².